The number of nitrogens with one attached hydrogen (secondary N) is 1. The summed E-state index contributed by atoms with van der Waals surface area (Å²) in [6.45, 7) is 4.90. The highest BCUT2D eigenvalue weighted by atomic mass is 16.1. The van der Waals surface area contributed by atoms with Crippen molar-refractivity contribution in [2.45, 2.75) is 26.7 Å². The summed E-state index contributed by atoms with van der Waals surface area (Å²) in [6, 6.07) is 18.4. The van der Waals surface area contributed by atoms with E-state index in [1.54, 1.807) is 0 Å². The Labute approximate surface area is 127 Å². The lowest BCUT2D eigenvalue weighted by molar-refractivity contribution is 0.0949. The number of hydrogen-bond acceptors (Lipinski definition) is 1. The zero-order valence-electron chi connectivity index (χ0n) is 12.8. The second-order valence-electron chi connectivity index (χ2n) is 5.79. The molecule has 2 aromatic rings. The third-order valence-electron chi connectivity index (χ3n) is 3.43. The zero-order chi connectivity index (χ0) is 15.1. The average molecular weight is 281 g/mol. The maximum absolute atomic E-state index is 11.9. The van der Waals surface area contributed by atoms with Crippen molar-refractivity contribution in [1.82, 2.24) is 5.32 Å². The number of hydrogen-bond donors (Lipinski definition) is 1. The van der Waals surface area contributed by atoms with E-state index in [1.807, 2.05) is 30.3 Å². The molecule has 0 spiro atoms. The van der Waals surface area contributed by atoms with Crippen LogP contribution in [0.2, 0.25) is 0 Å². The fourth-order valence-corrected chi connectivity index (χ4v) is 2.16. The van der Waals surface area contributed by atoms with Gasteiger partial charge in [0.1, 0.15) is 0 Å². The topological polar surface area (TPSA) is 29.1 Å². The van der Waals surface area contributed by atoms with Crippen molar-refractivity contribution in [1.29, 1.82) is 0 Å². The van der Waals surface area contributed by atoms with Gasteiger partial charge in [-0.15, -0.1) is 0 Å². The minimum atomic E-state index is 0.0123. The second-order valence-corrected chi connectivity index (χ2v) is 5.79. The molecule has 0 aliphatic carbocycles. The first kappa shape index (κ1) is 15.3. The van der Waals surface area contributed by atoms with Crippen LogP contribution in [-0.4, -0.2) is 12.5 Å². The van der Waals surface area contributed by atoms with Gasteiger partial charge in [0.25, 0.3) is 5.91 Å². The molecular formula is C19H23NO. The molecule has 0 saturated heterocycles. The normalized spacial score (nSPS) is 10.6. The molecule has 2 heteroatoms. The van der Waals surface area contributed by atoms with Gasteiger partial charge in [0.15, 0.2) is 0 Å². The van der Waals surface area contributed by atoms with E-state index < -0.39 is 0 Å². The van der Waals surface area contributed by atoms with Crippen molar-refractivity contribution in [3.8, 4) is 0 Å². The van der Waals surface area contributed by atoms with Crippen molar-refractivity contribution in [3.05, 3.63) is 71.3 Å². The van der Waals surface area contributed by atoms with Gasteiger partial charge < -0.3 is 5.32 Å². The summed E-state index contributed by atoms with van der Waals surface area (Å²) in [5.41, 5.74) is 3.34. The van der Waals surface area contributed by atoms with Gasteiger partial charge in [-0.2, -0.15) is 0 Å². The summed E-state index contributed by atoms with van der Waals surface area (Å²) in [5, 5.41) is 2.94. The van der Waals surface area contributed by atoms with E-state index in [2.05, 4.69) is 43.4 Å². The van der Waals surface area contributed by atoms with Gasteiger partial charge >= 0.3 is 0 Å². The van der Waals surface area contributed by atoms with Crippen LogP contribution in [-0.2, 0) is 12.8 Å². The first-order chi connectivity index (χ1) is 10.1. The smallest absolute Gasteiger partial charge is 0.251 e. The highest BCUT2D eigenvalue weighted by Crippen LogP contribution is 2.09. The van der Waals surface area contributed by atoms with Crippen molar-refractivity contribution in [3.63, 3.8) is 0 Å². The van der Waals surface area contributed by atoms with Gasteiger partial charge in [0.2, 0.25) is 0 Å². The Morgan fingerprint density at radius 1 is 0.905 bits per heavy atom. The molecule has 0 aromatic heterocycles. The molecule has 110 valence electrons. The highest BCUT2D eigenvalue weighted by Gasteiger charge is 2.05. The first-order valence-electron chi connectivity index (χ1n) is 7.56. The van der Waals surface area contributed by atoms with E-state index in [9.17, 15) is 4.79 Å². The van der Waals surface area contributed by atoms with Gasteiger partial charge in [-0.3, -0.25) is 4.79 Å². The number of rotatable bonds is 6. The number of amides is 1. The zero-order valence-corrected chi connectivity index (χ0v) is 12.8. The summed E-state index contributed by atoms with van der Waals surface area (Å²) in [5.74, 6) is 0.484. The molecular weight excluding hydrogens is 258 g/mol. The average Bonchev–Trinajstić information content (AvgIpc) is 2.52. The predicted molar refractivity (Wildman–Crippen MR) is 87.5 cm³/mol. The van der Waals surface area contributed by atoms with E-state index in [1.165, 1.54) is 11.1 Å². The first-order valence-corrected chi connectivity index (χ1v) is 7.56. The van der Waals surface area contributed by atoms with Crippen LogP contribution in [0.25, 0.3) is 0 Å². The van der Waals surface area contributed by atoms with E-state index >= 15 is 0 Å². The molecule has 0 saturated carbocycles. The molecule has 0 atom stereocenters. The van der Waals surface area contributed by atoms with Crippen molar-refractivity contribution in [2.75, 3.05) is 6.54 Å². The molecule has 1 N–H and O–H groups in total. The largest absolute Gasteiger partial charge is 0.352 e. The van der Waals surface area contributed by atoms with Crippen LogP contribution in [0.15, 0.2) is 54.6 Å². The molecule has 0 fully saturated rings. The molecule has 0 aliphatic rings. The molecule has 0 heterocycles. The van der Waals surface area contributed by atoms with E-state index in [4.69, 9.17) is 0 Å². The molecule has 0 unspecified atom stereocenters. The van der Waals surface area contributed by atoms with Crippen LogP contribution >= 0.6 is 0 Å². The van der Waals surface area contributed by atoms with Crippen LogP contribution in [0.1, 0.15) is 35.3 Å². The Bertz CT molecular complexity index is 558. The van der Waals surface area contributed by atoms with Gasteiger partial charge in [-0.25, -0.2) is 0 Å². The molecule has 1 amide bonds. The third-order valence-corrected chi connectivity index (χ3v) is 3.43. The van der Waals surface area contributed by atoms with Crippen LogP contribution in [0.3, 0.4) is 0 Å². The number of aryl methyl sites for hydroxylation is 2. The van der Waals surface area contributed by atoms with Gasteiger partial charge in [-0.1, -0.05) is 56.3 Å². The lowest BCUT2D eigenvalue weighted by Crippen LogP contribution is -2.27. The van der Waals surface area contributed by atoms with Crippen molar-refractivity contribution < 1.29 is 4.79 Å². The minimum absolute atomic E-state index is 0.0123. The van der Waals surface area contributed by atoms with E-state index in [-0.39, 0.29) is 5.91 Å². The van der Waals surface area contributed by atoms with Gasteiger partial charge in [0.05, 0.1) is 0 Å². The molecule has 2 rings (SSSR count). The van der Waals surface area contributed by atoms with Crippen LogP contribution in [0.4, 0.5) is 0 Å². The lowest BCUT2D eigenvalue weighted by atomic mass is 10.0. The Kier molecular flexibility index (Phi) is 5.56. The summed E-state index contributed by atoms with van der Waals surface area (Å²) in [6.07, 6.45) is 2.03. The SMILES string of the molecule is CC(C)CNC(=O)c1ccc(CCc2ccccc2)cc1. The Balaban J connectivity index is 1.88. The molecule has 0 aliphatic heterocycles. The molecule has 2 nitrogen and oxygen atoms in total. The number of benzene rings is 2. The summed E-state index contributed by atoms with van der Waals surface area (Å²) < 4.78 is 0. The predicted octanol–water partition coefficient (Wildman–Crippen LogP) is 3.86. The monoisotopic (exact) mass is 281 g/mol. The number of carbonyl (C=O) groups is 1. The Morgan fingerprint density at radius 2 is 1.48 bits per heavy atom. The van der Waals surface area contributed by atoms with Crippen LogP contribution < -0.4 is 5.32 Å². The van der Waals surface area contributed by atoms with Gasteiger partial charge in [-0.05, 0) is 42.0 Å². The summed E-state index contributed by atoms with van der Waals surface area (Å²) >= 11 is 0. The fourth-order valence-electron chi connectivity index (χ4n) is 2.16. The van der Waals surface area contributed by atoms with Crippen molar-refractivity contribution >= 4 is 5.91 Å². The maximum atomic E-state index is 11.9. The third kappa shape index (κ3) is 5.07. The fraction of sp³-hybridized carbons (Fsp3) is 0.316. The molecule has 21 heavy (non-hydrogen) atoms. The van der Waals surface area contributed by atoms with Crippen molar-refractivity contribution in [2.24, 2.45) is 5.92 Å². The van der Waals surface area contributed by atoms with E-state index in [0.29, 0.717) is 12.5 Å². The molecule has 0 radical (unpaired) electrons. The second kappa shape index (κ2) is 7.63. The van der Waals surface area contributed by atoms with Crippen LogP contribution in [0.5, 0.6) is 0 Å². The summed E-state index contributed by atoms with van der Waals surface area (Å²) in [4.78, 5) is 11.9. The lowest BCUT2D eigenvalue weighted by Gasteiger charge is -2.08. The van der Waals surface area contributed by atoms with Crippen LogP contribution in [0, 0.1) is 5.92 Å². The highest BCUT2D eigenvalue weighted by molar-refractivity contribution is 5.94. The Morgan fingerprint density at radius 3 is 2.05 bits per heavy atom. The molecule has 0 bridgehead atoms. The number of carbonyl (C=O) groups excluding carboxylic acids is 1. The standard InChI is InChI=1S/C19H23NO/c1-15(2)14-20-19(21)18-12-10-17(11-13-18)9-8-16-6-4-3-5-7-16/h3-7,10-13,15H,8-9,14H2,1-2H3,(H,20,21). The van der Waals surface area contributed by atoms with Gasteiger partial charge in [0, 0.05) is 12.1 Å². The maximum Gasteiger partial charge on any atom is 0.251 e. The Hall–Kier alpha value is -2.09. The quantitative estimate of drug-likeness (QED) is 0.856. The minimum Gasteiger partial charge on any atom is -0.352 e. The summed E-state index contributed by atoms with van der Waals surface area (Å²) in [7, 11) is 0. The van der Waals surface area contributed by atoms with E-state index in [0.717, 1.165) is 18.4 Å². The molecule has 2 aromatic carbocycles.